The molecule has 0 unspecified atom stereocenters. The number of sulfone groups is 1. The zero-order valence-electron chi connectivity index (χ0n) is 7.63. The fraction of sp³-hybridized carbons (Fsp3) is 0.600. The van der Waals surface area contributed by atoms with Crippen LogP contribution in [0.15, 0.2) is 0 Å². The van der Waals surface area contributed by atoms with Gasteiger partial charge >= 0.3 is 0 Å². The Hall–Kier alpha value is -0.930. The molecule has 1 aliphatic carbocycles. The van der Waals surface area contributed by atoms with Crippen LogP contribution in [0, 0.1) is 29.6 Å². The molecule has 1 fully saturated rings. The van der Waals surface area contributed by atoms with Crippen molar-refractivity contribution in [2.45, 2.75) is 19.8 Å². The van der Waals surface area contributed by atoms with Crippen molar-refractivity contribution in [3.63, 3.8) is 0 Å². The van der Waals surface area contributed by atoms with Crippen LogP contribution in [0.2, 0.25) is 0 Å². The van der Waals surface area contributed by atoms with Crippen LogP contribution in [0.3, 0.4) is 0 Å². The van der Waals surface area contributed by atoms with E-state index in [0.29, 0.717) is 5.92 Å². The van der Waals surface area contributed by atoms with Gasteiger partial charge < -0.3 is 0 Å². The molecule has 1 saturated carbocycles. The number of hydrogen-bond acceptors (Lipinski definition) is 2. The quantitative estimate of drug-likeness (QED) is 0.613. The number of rotatable bonds is 2. The van der Waals surface area contributed by atoms with Crippen LogP contribution in [0.5, 0.6) is 0 Å². The molecule has 0 saturated heterocycles. The molecule has 0 amide bonds. The molecule has 0 heterocycles. The first kappa shape index (κ1) is 10.2. The highest BCUT2D eigenvalue weighted by Gasteiger charge is 2.18. The van der Waals surface area contributed by atoms with Gasteiger partial charge in [0.1, 0.15) is 11.5 Å². The van der Waals surface area contributed by atoms with Gasteiger partial charge in [0.15, 0.2) is 9.84 Å². The van der Waals surface area contributed by atoms with Crippen molar-refractivity contribution < 1.29 is 8.42 Å². The molecule has 13 heavy (non-hydrogen) atoms. The first-order valence-electron chi connectivity index (χ1n) is 4.22. The molecular formula is C10H12O2S. The molecule has 1 aliphatic rings. The van der Waals surface area contributed by atoms with Crippen LogP contribution >= 0.6 is 0 Å². The Kier molecular flexibility index (Phi) is 3.39. The summed E-state index contributed by atoms with van der Waals surface area (Å²) >= 11 is 0. The third-order valence-corrected chi connectivity index (χ3v) is 2.81. The Balaban J connectivity index is 2.41. The molecule has 0 spiro atoms. The molecule has 0 aromatic carbocycles. The van der Waals surface area contributed by atoms with E-state index in [1.54, 1.807) is 6.92 Å². The van der Waals surface area contributed by atoms with Crippen molar-refractivity contribution in [1.82, 2.24) is 0 Å². The zero-order chi connectivity index (χ0) is 9.73. The average molecular weight is 196 g/mol. The van der Waals surface area contributed by atoms with E-state index < -0.39 is 9.84 Å². The summed E-state index contributed by atoms with van der Waals surface area (Å²) in [6.07, 6.45) is 2.25. The van der Waals surface area contributed by atoms with Crippen LogP contribution < -0.4 is 0 Å². The highest BCUT2D eigenvalue weighted by Crippen LogP contribution is 2.27. The Bertz CT molecular complexity index is 380. The molecule has 0 aliphatic heterocycles. The lowest BCUT2D eigenvalue weighted by molar-refractivity contribution is 0.603. The Morgan fingerprint density at radius 2 is 1.85 bits per heavy atom. The normalized spacial score (nSPS) is 15.2. The lowest BCUT2D eigenvalue weighted by Gasteiger charge is -1.90. The smallest absolute Gasteiger partial charge is 0.172 e. The average Bonchev–Trinajstić information content (AvgIpc) is 2.84. The lowest BCUT2D eigenvalue weighted by Crippen LogP contribution is -2.07. The predicted octanol–water partition coefficient (Wildman–Crippen LogP) is 0.838. The summed E-state index contributed by atoms with van der Waals surface area (Å²) in [7, 11) is -3.06. The first-order chi connectivity index (χ1) is 6.14. The van der Waals surface area contributed by atoms with Crippen molar-refractivity contribution in [3.05, 3.63) is 0 Å². The lowest BCUT2D eigenvalue weighted by atomic mass is 10.4. The minimum atomic E-state index is -3.06. The van der Waals surface area contributed by atoms with Gasteiger partial charge in [0.25, 0.3) is 0 Å². The number of hydrogen-bond donors (Lipinski definition) is 0. The molecule has 2 nitrogen and oxygen atoms in total. The molecule has 1 rings (SSSR count). The van der Waals surface area contributed by atoms with Crippen LogP contribution in [0.1, 0.15) is 19.8 Å². The van der Waals surface area contributed by atoms with Gasteiger partial charge in [0.05, 0.1) is 0 Å². The van der Waals surface area contributed by atoms with E-state index in [9.17, 15) is 8.42 Å². The fourth-order valence-corrected chi connectivity index (χ4v) is 1.53. The topological polar surface area (TPSA) is 34.1 Å². The summed E-state index contributed by atoms with van der Waals surface area (Å²) < 4.78 is 22.4. The van der Waals surface area contributed by atoms with E-state index in [4.69, 9.17) is 0 Å². The second-order valence-electron chi connectivity index (χ2n) is 3.05. The van der Waals surface area contributed by atoms with E-state index in [1.807, 2.05) is 0 Å². The molecule has 3 heteroatoms. The van der Waals surface area contributed by atoms with Crippen molar-refractivity contribution in [2.24, 2.45) is 5.92 Å². The summed E-state index contributed by atoms with van der Waals surface area (Å²) in [5, 5.41) is 0. The SMILES string of the molecule is CC#CCS(=O)(=O)CC#CC1CC1. The predicted molar refractivity (Wildman–Crippen MR) is 52.6 cm³/mol. The maximum Gasteiger partial charge on any atom is 0.172 e. The molecule has 0 radical (unpaired) electrons. The Morgan fingerprint density at radius 1 is 1.23 bits per heavy atom. The summed E-state index contributed by atoms with van der Waals surface area (Å²) in [5.74, 6) is 11.1. The summed E-state index contributed by atoms with van der Waals surface area (Å²) in [6.45, 7) is 1.63. The van der Waals surface area contributed by atoms with Crippen LogP contribution in [-0.2, 0) is 9.84 Å². The second-order valence-corrected chi connectivity index (χ2v) is 5.12. The maximum atomic E-state index is 11.2. The molecule has 0 bridgehead atoms. The van der Waals surface area contributed by atoms with Gasteiger partial charge in [0, 0.05) is 5.92 Å². The van der Waals surface area contributed by atoms with Crippen LogP contribution in [0.25, 0.3) is 0 Å². The third-order valence-electron chi connectivity index (χ3n) is 1.64. The first-order valence-corrected chi connectivity index (χ1v) is 6.04. The van der Waals surface area contributed by atoms with Crippen molar-refractivity contribution in [2.75, 3.05) is 11.5 Å². The van der Waals surface area contributed by atoms with Crippen LogP contribution in [0.4, 0.5) is 0 Å². The Morgan fingerprint density at radius 3 is 2.38 bits per heavy atom. The minimum absolute atomic E-state index is 0.0435. The highest BCUT2D eigenvalue weighted by atomic mass is 32.2. The minimum Gasteiger partial charge on any atom is -0.227 e. The molecule has 70 valence electrons. The molecule has 0 aromatic rings. The van der Waals surface area contributed by atoms with Gasteiger partial charge in [-0.1, -0.05) is 17.8 Å². The fourth-order valence-electron chi connectivity index (χ4n) is 0.757. The van der Waals surface area contributed by atoms with E-state index >= 15 is 0 Å². The third kappa shape index (κ3) is 4.60. The summed E-state index contributed by atoms with van der Waals surface area (Å²) in [4.78, 5) is 0. The standard InChI is InChI=1S/C10H12O2S/c1-2-3-8-13(11,12)9-4-5-10-6-7-10/h10H,6-9H2,1H3. The van der Waals surface area contributed by atoms with Gasteiger partial charge in [-0.25, -0.2) is 8.42 Å². The van der Waals surface area contributed by atoms with E-state index in [2.05, 4.69) is 23.7 Å². The van der Waals surface area contributed by atoms with E-state index in [1.165, 1.54) is 0 Å². The zero-order valence-corrected chi connectivity index (χ0v) is 8.45. The molecule has 0 N–H and O–H groups in total. The van der Waals surface area contributed by atoms with Gasteiger partial charge in [-0.15, -0.1) is 5.92 Å². The van der Waals surface area contributed by atoms with Gasteiger partial charge in [-0.3, -0.25) is 0 Å². The van der Waals surface area contributed by atoms with Gasteiger partial charge in [-0.2, -0.15) is 0 Å². The molecule has 0 atom stereocenters. The largest absolute Gasteiger partial charge is 0.227 e. The van der Waals surface area contributed by atoms with Crippen LogP contribution in [-0.4, -0.2) is 19.9 Å². The van der Waals surface area contributed by atoms with Crippen molar-refractivity contribution in [1.29, 1.82) is 0 Å². The highest BCUT2D eigenvalue weighted by molar-refractivity contribution is 7.91. The van der Waals surface area contributed by atoms with Gasteiger partial charge in [-0.05, 0) is 19.8 Å². The van der Waals surface area contributed by atoms with E-state index in [-0.39, 0.29) is 11.5 Å². The molecule has 0 aromatic heterocycles. The molecular weight excluding hydrogens is 184 g/mol. The maximum absolute atomic E-state index is 11.2. The second kappa shape index (κ2) is 4.35. The van der Waals surface area contributed by atoms with Crippen molar-refractivity contribution in [3.8, 4) is 23.7 Å². The monoisotopic (exact) mass is 196 g/mol. The summed E-state index contributed by atoms with van der Waals surface area (Å²) in [5.41, 5.74) is 0. The van der Waals surface area contributed by atoms with E-state index in [0.717, 1.165) is 12.8 Å². The van der Waals surface area contributed by atoms with Gasteiger partial charge in [0.2, 0.25) is 0 Å². The van der Waals surface area contributed by atoms with Crippen molar-refractivity contribution >= 4 is 9.84 Å². The Labute approximate surface area is 79.6 Å². The summed E-state index contributed by atoms with van der Waals surface area (Å²) in [6, 6.07) is 0.